The molecule has 0 bridgehead atoms. The van der Waals surface area contributed by atoms with Gasteiger partial charge in [-0.25, -0.2) is 9.78 Å². The lowest BCUT2D eigenvalue weighted by atomic mass is 9.77. The van der Waals surface area contributed by atoms with E-state index in [4.69, 9.17) is 13.9 Å². The molecule has 12 rings (SSSR count). The zero-order chi connectivity index (χ0) is 36.4. The number of esters is 1. The van der Waals surface area contributed by atoms with Crippen molar-refractivity contribution >= 4 is 60.2 Å². The topological polar surface area (TPSA) is 102 Å². The number of oxazole rings is 1. The summed E-state index contributed by atoms with van der Waals surface area (Å²) in [6, 6.07) is 50.7. The van der Waals surface area contributed by atoms with Crippen LogP contribution in [0, 0.1) is 0 Å². The molecular weight excluding hydrogens is 675 g/mol. The number of hydrogen-bond acceptors (Lipinski definition) is 7. The fourth-order valence-electron chi connectivity index (χ4n) is 8.04. The van der Waals surface area contributed by atoms with Crippen molar-refractivity contribution in [2.45, 2.75) is 5.60 Å². The normalized spacial score (nSPS) is 13.4. The number of fused-ring (bicyclic) bond motifs is 9. The highest BCUT2D eigenvalue weighted by Gasteiger charge is 2.53. The minimum absolute atomic E-state index is 0.0371. The Morgan fingerprint density at radius 3 is 1.59 bits per heavy atom. The molecule has 0 radical (unpaired) electrons. The largest absolute Gasteiger partial charge is 0.508 e. The van der Waals surface area contributed by atoms with Gasteiger partial charge in [-0.1, -0.05) is 103 Å². The smallest absolute Gasteiger partial charge is 0.340 e. The van der Waals surface area contributed by atoms with Crippen molar-refractivity contribution < 1.29 is 28.9 Å². The molecule has 7 nitrogen and oxygen atoms in total. The van der Waals surface area contributed by atoms with Crippen LogP contribution in [-0.4, -0.2) is 21.2 Å². The standard InChI is InChI=1S/C20H12O5.C20H12.C7H5NO/c21-11-5-7-15-17(9-11)24-18-10-12(22)6-8-16(18)20(15)14-4-2-1-3-13(14)19(23)25-20;1-5-13-6-2-11-17-18-12-4-8-14-7-3-10-16(20(14)18)15(9-1)19(13)17;1-2-4-7-6(3-1)8-5-9-7/h1-10,21-22H;1-12H;1-5H. The fraction of sp³-hybridized carbons (Fsp3) is 0.0213. The van der Waals surface area contributed by atoms with Crippen LogP contribution in [-0.2, 0) is 10.3 Å². The zero-order valence-electron chi connectivity index (χ0n) is 28.6. The number of ether oxygens (including phenoxy) is 2. The highest BCUT2D eigenvalue weighted by molar-refractivity contribution is 6.32. The van der Waals surface area contributed by atoms with E-state index in [0.717, 1.165) is 11.1 Å². The third kappa shape index (κ3) is 4.76. The Labute approximate surface area is 308 Å². The monoisotopic (exact) mass is 703 g/mol. The lowest BCUT2D eigenvalue weighted by Crippen LogP contribution is -2.32. The number of aromatic hydroxyl groups is 2. The SMILES string of the molecule is O=C1OC2(c3ccc(O)cc3Oc3cc(O)ccc32)c2ccccc21.c1cc2cccc3c4cccc5cccc(c(c1)c23)c54.c1ccc2ocnc2c1. The average Bonchev–Trinajstić information content (AvgIpc) is 3.80. The molecule has 3 heterocycles. The van der Waals surface area contributed by atoms with Gasteiger partial charge in [-0.15, -0.1) is 0 Å². The predicted octanol–water partition coefficient (Wildman–Crippen LogP) is 11.2. The summed E-state index contributed by atoms with van der Waals surface area (Å²) in [7, 11) is 0. The number of para-hydroxylation sites is 2. The van der Waals surface area contributed by atoms with Gasteiger partial charge in [-0.3, -0.25) is 0 Å². The fourth-order valence-corrected chi connectivity index (χ4v) is 8.04. The Hall–Kier alpha value is -7.38. The molecule has 0 aliphatic carbocycles. The van der Waals surface area contributed by atoms with Crippen LogP contribution in [0.1, 0.15) is 27.0 Å². The number of phenolic OH excluding ortho intramolecular Hbond substituents is 2. The zero-order valence-corrected chi connectivity index (χ0v) is 28.6. The third-order valence-corrected chi connectivity index (χ3v) is 10.3. The van der Waals surface area contributed by atoms with Crippen LogP contribution in [0.2, 0.25) is 0 Å². The van der Waals surface area contributed by atoms with Crippen LogP contribution in [0.5, 0.6) is 23.0 Å². The van der Waals surface area contributed by atoms with Gasteiger partial charge in [-0.05, 0) is 85.6 Å². The maximum atomic E-state index is 12.5. The predicted molar refractivity (Wildman–Crippen MR) is 210 cm³/mol. The molecule has 1 spiro atoms. The van der Waals surface area contributed by atoms with Gasteiger partial charge >= 0.3 is 5.97 Å². The second-order valence-corrected chi connectivity index (χ2v) is 13.3. The molecule has 2 aliphatic heterocycles. The first-order valence-corrected chi connectivity index (χ1v) is 17.5. The number of rotatable bonds is 0. The van der Waals surface area contributed by atoms with Crippen LogP contribution in [0.3, 0.4) is 0 Å². The maximum absolute atomic E-state index is 12.5. The van der Waals surface area contributed by atoms with Crippen molar-refractivity contribution in [3.8, 4) is 23.0 Å². The number of phenols is 2. The summed E-state index contributed by atoms with van der Waals surface area (Å²) in [4.78, 5) is 16.5. The molecule has 0 amide bonds. The van der Waals surface area contributed by atoms with E-state index in [2.05, 4.69) is 77.8 Å². The molecule has 0 atom stereocenters. The van der Waals surface area contributed by atoms with E-state index in [-0.39, 0.29) is 11.5 Å². The summed E-state index contributed by atoms with van der Waals surface area (Å²) in [6.07, 6.45) is 1.45. The Morgan fingerprint density at radius 2 is 1.04 bits per heavy atom. The van der Waals surface area contributed by atoms with Crippen molar-refractivity contribution in [2.24, 2.45) is 0 Å². The lowest BCUT2D eigenvalue weighted by Gasteiger charge is -2.36. The number of carbonyl (C=O) groups excluding carboxylic acids is 1. The van der Waals surface area contributed by atoms with Crippen molar-refractivity contribution in [2.75, 3.05) is 0 Å². The van der Waals surface area contributed by atoms with E-state index in [1.54, 1.807) is 24.3 Å². The Balaban J connectivity index is 0.000000110. The van der Waals surface area contributed by atoms with Gasteiger partial charge in [0.15, 0.2) is 17.6 Å². The van der Waals surface area contributed by atoms with E-state index >= 15 is 0 Å². The van der Waals surface area contributed by atoms with Gasteiger partial charge in [0.25, 0.3) is 0 Å². The van der Waals surface area contributed by atoms with E-state index in [9.17, 15) is 15.0 Å². The minimum Gasteiger partial charge on any atom is -0.508 e. The molecule has 7 heteroatoms. The number of aromatic nitrogens is 1. The highest BCUT2D eigenvalue weighted by atomic mass is 16.6. The molecule has 0 saturated carbocycles. The Kier molecular flexibility index (Phi) is 7.03. The van der Waals surface area contributed by atoms with E-state index in [0.29, 0.717) is 33.8 Å². The molecule has 9 aromatic carbocycles. The summed E-state index contributed by atoms with van der Waals surface area (Å²) in [5.74, 6) is 0.408. The quantitative estimate of drug-likeness (QED) is 0.0920. The lowest BCUT2D eigenvalue weighted by molar-refractivity contribution is 0.0224. The average molecular weight is 704 g/mol. The molecule has 0 saturated heterocycles. The van der Waals surface area contributed by atoms with Gasteiger partial charge in [-0.2, -0.15) is 0 Å². The first-order chi connectivity index (χ1) is 26.5. The van der Waals surface area contributed by atoms with E-state index in [1.165, 1.54) is 73.7 Å². The maximum Gasteiger partial charge on any atom is 0.340 e. The van der Waals surface area contributed by atoms with Crippen LogP contribution in [0.15, 0.2) is 169 Å². The van der Waals surface area contributed by atoms with Gasteiger partial charge in [0.2, 0.25) is 0 Å². The molecule has 0 unspecified atom stereocenters. The second-order valence-electron chi connectivity index (χ2n) is 13.3. The van der Waals surface area contributed by atoms with E-state index in [1.807, 2.05) is 36.4 Å². The second kappa shape index (κ2) is 12.1. The van der Waals surface area contributed by atoms with Crippen molar-refractivity contribution in [3.05, 3.63) is 186 Å². The Bertz CT molecular complexity index is 2820. The van der Waals surface area contributed by atoms with Gasteiger partial charge in [0, 0.05) is 28.8 Å². The first-order valence-electron chi connectivity index (χ1n) is 17.5. The summed E-state index contributed by atoms with van der Waals surface area (Å²) >= 11 is 0. The molecular formula is C47H29NO6. The van der Waals surface area contributed by atoms with Crippen molar-refractivity contribution in [1.82, 2.24) is 4.98 Å². The van der Waals surface area contributed by atoms with Gasteiger partial charge in [0.05, 0.1) is 5.56 Å². The summed E-state index contributed by atoms with van der Waals surface area (Å²) in [6.45, 7) is 0. The van der Waals surface area contributed by atoms with E-state index < -0.39 is 11.6 Å². The summed E-state index contributed by atoms with van der Waals surface area (Å²) in [5.41, 5.74) is 3.04. The molecule has 1 aromatic heterocycles. The van der Waals surface area contributed by atoms with Crippen molar-refractivity contribution in [3.63, 3.8) is 0 Å². The summed E-state index contributed by atoms with van der Waals surface area (Å²) in [5, 5.41) is 30.5. The first kappa shape index (κ1) is 31.4. The molecule has 258 valence electrons. The Morgan fingerprint density at radius 1 is 0.519 bits per heavy atom. The van der Waals surface area contributed by atoms with Crippen LogP contribution in [0.4, 0.5) is 0 Å². The molecule has 10 aromatic rings. The van der Waals surface area contributed by atoms with Crippen LogP contribution in [0.25, 0.3) is 54.2 Å². The molecule has 0 fully saturated rings. The molecule has 54 heavy (non-hydrogen) atoms. The number of nitrogens with zero attached hydrogens (tertiary/aromatic N) is 1. The van der Waals surface area contributed by atoms with Crippen LogP contribution >= 0.6 is 0 Å². The van der Waals surface area contributed by atoms with Crippen LogP contribution < -0.4 is 4.74 Å². The highest BCUT2D eigenvalue weighted by Crippen LogP contribution is 2.57. The number of benzene rings is 9. The van der Waals surface area contributed by atoms with Gasteiger partial charge in [0.1, 0.15) is 28.5 Å². The number of carbonyl (C=O) groups is 1. The molecule has 2 N–H and O–H groups in total. The minimum atomic E-state index is -1.17. The molecule has 2 aliphatic rings. The third-order valence-electron chi connectivity index (χ3n) is 10.3. The van der Waals surface area contributed by atoms with Crippen molar-refractivity contribution in [1.29, 1.82) is 0 Å². The van der Waals surface area contributed by atoms with Gasteiger partial charge < -0.3 is 24.1 Å². The number of hydrogen-bond donors (Lipinski definition) is 2. The summed E-state index contributed by atoms with van der Waals surface area (Å²) < 4.78 is 16.8.